The molecule has 48 heavy (non-hydrogen) atoms. The number of aromatic nitrogens is 2. The molecule has 3 heteroatoms. The van der Waals surface area contributed by atoms with Crippen molar-refractivity contribution in [3.05, 3.63) is 167 Å². The van der Waals surface area contributed by atoms with Gasteiger partial charge in [-0.15, -0.1) is 70.8 Å². The van der Waals surface area contributed by atoms with Gasteiger partial charge >= 0.3 is 0 Å². The largest absolute Gasteiger partial charge is 0.305 e. The van der Waals surface area contributed by atoms with Crippen molar-refractivity contribution < 1.29 is 20.1 Å². The Morgan fingerprint density at radius 1 is 0.562 bits per heavy atom. The van der Waals surface area contributed by atoms with Crippen molar-refractivity contribution in [2.75, 3.05) is 0 Å². The number of benzene rings is 4. The molecule has 2 heterocycles. The quantitative estimate of drug-likeness (QED) is 0.167. The van der Waals surface area contributed by atoms with Gasteiger partial charge in [-0.1, -0.05) is 68.4 Å². The number of rotatable bonds is 3. The van der Waals surface area contributed by atoms with Crippen LogP contribution in [0.5, 0.6) is 0 Å². The van der Waals surface area contributed by atoms with Crippen molar-refractivity contribution >= 4 is 0 Å². The van der Waals surface area contributed by atoms with E-state index in [0.29, 0.717) is 0 Å². The van der Waals surface area contributed by atoms with Crippen molar-refractivity contribution in [1.82, 2.24) is 9.97 Å². The van der Waals surface area contributed by atoms with Crippen molar-refractivity contribution in [2.24, 2.45) is 0 Å². The molecule has 0 unspecified atom stereocenters. The molecule has 0 saturated heterocycles. The maximum atomic E-state index is 4.63. The van der Waals surface area contributed by atoms with Gasteiger partial charge in [0.25, 0.3) is 0 Å². The third-order valence-electron chi connectivity index (χ3n) is 9.05. The van der Waals surface area contributed by atoms with Gasteiger partial charge in [0.1, 0.15) is 0 Å². The minimum absolute atomic E-state index is 0. The summed E-state index contributed by atoms with van der Waals surface area (Å²) in [6.45, 7) is 6.43. The summed E-state index contributed by atoms with van der Waals surface area (Å²) in [6, 6.07) is 43.6. The van der Waals surface area contributed by atoms with Crippen LogP contribution in [0, 0.1) is 32.9 Å². The van der Waals surface area contributed by atoms with E-state index in [9.17, 15) is 0 Å². The Kier molecular flexibility index (Phi) is 12.7. The van der Waals surface area contributed by atoms with Crippen LogP contribution in [-0.2, 0) is 45.8 Å². The Morgan fingerprint density at radius 3 is 1.98 bits per heavy atom. The summed E-state index contributed by atoms with van der Waals surface area (Å²) in [7, 11) is 0. The Morgan fingerprint density at radius 2 is 1.27 bits per heavy atom. The van der Waals surface area contributed by atoms with E-state index < -0.39 is 0 Å². The van der Waals surface area contributed by atoms with Crippen LogP contribution >= 0.6 is 0 Å². The van der Waals surface area contributed by atoms with Crippen molar-refractivity contribution in [2.45, 2.75) is 72.1 Å². The molecular formula is C45H44IrN2-2. The average molecular weight is 805 g/mol. The van der Waals surface area contributed by atoms with Crippen LogP contribution in [0.1, 0.15) is 64.6 Å². The summed E-state index contributed by atoms with van der Waals surface area (Å²) in [5.41, 5.74) is 16.5. The molecule has 0 fully saturated rings. The molecule has 2 nitrogen and oxygen atoms in total. The monoisotopic (exact) mass is 805 g/mol. The summed E-state index contributed by atoms with van der Waals surface area (Å²) in [5, 5.41) is 0. The van der Waals surface area contributed by atoms with E-state index in [2.05, 4.69) is 116 Å². The topological polar surface area (TPSA) is 25.8 Å². The van der Waals surface area contributed by atoms with Crippen LogP contribution in [0.3, 0.4) is 0 Å². The first-order valence-corrected chi connectivity index (χ1v) is 17.1. The van der Waals surface area contributed by atoms with Gasteiger partial charge in [0, 0.05) is 32.5 Å². The fraction of sp³-hybridized carbons (Fsp3) is 0.244. The first-order valence-electron chi connectivity index (χ1n) is 17.1. The molecule has 0 N–H and O–H groups in total. The van der Waals surface area contributed by atoms with Gasteiger partial charge in [-0.2, -0.15) is 0 Å². The van der Waals surface area contributed by atoms with Crippen molar-refractivity contribution in [3.8, 4) is 33.6 Å². The molecule has 0 saturated carbocycles. The summed E-state index contributed by atoms with van der Waals surface area (Å²) in [5.74, 6) is 0. The molecule has 4 aliphatic rings. The zero-order valence-electron chi connectivity index (χ0n) is 28.4. The van der Waals surface area contributed by atoms with Gasteiger partial charge < -0.3 is 9.97 Å². The smallest absolute Gasteiger partial charge is 0.0166 e. The maximum Gasteiger partial charge on any atom is 0.0166 e. The predicted octanol–water partition coefficient (Wildman–Crippen LogP) is 11.1. The van der Waals surface area contributed by atoms with Gasteiger partial charge in [0.05, 0.1) is 0 Å². The SMILES string of the molecule is Cc1[c-]c(-c2ccccn2)cc(C)c1.Cc1cc2ccc1CCCCc1ccc(c(-c3ccnc(-c4[c-]cccc4)c3)c1)CCCC2.[Ir]. The Bertz CT molecular complexity index is 1890. The molecule has 0 spiro atoms. The second-order valence-electron chi connectivity index (χ2n) is 12.8. The van der Waals surface area contributed by atoms with E-state index in [-0.39, 0.29) is 20.1 Å². The molecule has 0 amide bonds. The molecule has 245 valence electrons. The Balaban J connectivity index is 0.000000252. The Hall–Kier alpha value is -4.17. The summed E-state index contributed by atoms with van der Waals surface area (Å²) in [4.78, 5) is 8.93. The minimum atomic E-state index is 0. The number of nitrogens with zero attached hydrogens (tertiary/aromatic N) is 2. The molecule has 2 aromatic heterocycles. The van der Waals surface area contributed by atoms with E-state index in [1.807, 2.05) is 36.5 Å². The van der Waals surface area contributed by atoms with Crippen LogP contribution in [0.25, 0.3) is 33.6 Å². The van der Waals surface area contributed by atoms with Crippen LogP contribution < -0.4 is 0 Å². The third kappa shape index (κ3) is 9.47. The normalized spacial score (nSPS) is 12.9. The fourth-order valence-corrected chi connectivity index (χ4v) is 6.60. The zero-order chi connectivity index (χ0) is 32.4. The number of hydrogen-bond acceptors (Lipinski definition) is 2. The standard InChI is InChI=1S/C32H32N.C13H12N.Ir/c1-24-21-25-9-6-8-12-28-18-16-26(10-5-7-11-27(24)17-15-25)22-31(28)30-19-20-33-32(23-30)29-13-3-2-4-14-29;1-10-7-11(2)9-12(8-10)13-5-3-4-6-14-13;/h2-4,13,15-23H,5-12H2,1H3;3-8H,1-2H3;/q2*-1;. The molecule has 6 aromatic rings. The van der Waals surface area contributed by atoms with E-state index >= 15 is 0 Å². The minimum Gasteiger partial charge on any atom is -0.305 e. The number of pyridine rings is 2. The van der Waals surface area contributed by atoms with Crippen LogP contribution in [0.4, 0.5) is 0 Å². The molecular weight excluding hydrogens is 761 g/mol. The molecule has 1 radical (unpaired) electrons. The molecule has 0 aliphatic heterocycles. The molecule has 4 bridgehead atoms. The molecule has 4 aliphatic carbocycles. The molecule has 4 aromatic carbocycles. The van der Waals surface area contributed by atoms with Crippen LogP contribution in [0.15, 0.2) is 116 Å². The van der Waals surface area contributed by atoms with Gasteiger partial charge in [-0.05, 0) is 121 Å². The first-order chi connectivity index (χ1) is 23.0. The van der Waals surface area contributed by atoms with E-state index in [4.69, 9.17) is 0 Å². The summed E-state index contributed by atoms with van der Waals surface area (Å²) >= 11 is 0. The second-order valence-corrected chi connectivity index (χ2v) is 12.8. The van der Waals surface area contributed by atoms with Crippen LogP contribution in [0.2, 0.25) is 0 Å². The van der Waals surface area contributed by atoms with Gasteiger partial charge in [0.2, 0.25) is 0 Å². The maximum absolute atomic E-state index is 4.63. The zero-order valence-corrected chi connectivity index (χ0v) is 30.7. The Labute approximate surface area is 301 Å². The van der Waals surface area contributed by atoms with E-state index in [1.54, 1.807) is 6.20 Å². The third-order valence-corrected chi connectivity index (χ3v) is 9.05. The summed E-state index contributed by atoms with van der Waals surface area (Å²) in [6.07, 6.45) is 13.2. The summed E-state index contributed by atoms with van der Waals surface area (Å²) < 4.78 is 0. The van der Waals surface area contributed by atoms with Crippen molar-refractivity contribution in [1.29, 1.82) is 0 Å². The molecule has 10 rings (SSSR count). The van der Waals surface area contributed by atoms with Gasteiger partial charge in [-0.3, -0.25) is 0 Å². The predicted molar refractivity (Wildman–Crippen MR) is 196 cm³/mol. The van der Waals surface area contributed by atoms with Gasteiger partial charge in [0.15, 0.2) is 0 Å². The number of aryl methyl sites for hydroxylation is 7. The van der Waals surface area contributed by atoms with E-state index in [0.717, 1.165) is 47.3 Å². The molecule has 0 atom stereocenters. The second kappa shape index (κ2) is 17.3. The first kappa shape index (κ1) is 35.1. The number of hydrogen-bond donors (Lipinski definition) is 0. The van der Waals surface area contributed by atoms with Crippen molar-refractivity contribution in [3.63, 3.8) is 0 Å². The fourth-order valence-electron chi connectivity index (χ4n) is 6.60. The van der Waals surface area contributed by atoms with Crippen LogP contribution in [-0.4, -0.2) is 9.97 Å². The van der Waals surface area contributed by atoms with Gasteiger partial charge in [-0.25, -0.2) is 0 Å². The van der Waals surface area contributed by atoms with E-state index in [1.165, 1.54) is 76.6 Å². The average Bonchev–Trinajstić information content (AvgIpc) is 3.10.